The molecule has 4 rings (SSSR count). The summed E-state index contributed by atoms with van der Waals surface area (Å²) >= 11 is 0. The maximum Gasteiger partial charge on any atom is 0.323 e. The third-order valence-electron chi connectivity index (χ3n) is 4.89. The quantitative estimate of drug-likeness (QED) is 0.676. The number of ether oxygens (including phenoxy) is 2. The molecule has 0 aliphatic carbocycles. The van der Waals surface area contributed by atoms with Crippen LogP contribution in [0.25, 0.3) is 22.4 Å². The fraction of sp³-hybridized carbons (Fsp3) is 0.350. The van der Waals surface area contributed by atoms with Crippen molar-refractivity contribution in [2.24, 2.45) is 0 Å². The smallest absolute Gasteiger partial charge is 0.323 e. The molecule has 0 unspecified atom stereocenters. The normalized spacial score (nSPS) is 14.1. The zero-order valence-corrected chi connectivity index (χ0v) is 16.9. The largest absolute Gasteiger partial charge is 0.497 e. The molecule has 0 atom stereocenters. The summed E-state index contributed by atoms with van der Waals surface area (Å²) in [5.41, 5.74) is 1.71. The van der Waals surface area contributed by atoms with Crippen LogP contribution in [0.4, 0.5) is 15.0 Å². The van der Waals surface area contributed by atoms with E-state index in [1.807, 2.05) is 0 Å². The first-order valence-corrected chi connectivity index (χ1v) is 9.47. The number of rotatable bonds is 4. The molecule has 1 fully saturated rings. The van der Waals surface area contributed by atoms with E-state index in [2.05, 4.69) is 20.6 Å². The summed E-state index contributed by atoms with van der Waals surface area (Å²) in [6, 6.07) is 4.04. The molecule has 0 saturated carbocycles. The van der Waals surface area contributed by atoms with Crippen LogP contribution < -0.4 is 20.1 Å². The molecule has 0 bridgehead atoms. The lowest BCUT2D eigenvalue weighted by molar-refractivity contribution is 0.203. The number of methoxy groups -OCH3 is 2. The highest BCUT2D eigenvalue weighted by molar-refractivity contribution is 5.95. The van der Waals surface area contributed by atoms with E-state index < -0.39 is 5.82 Å². The predicted molar refractivity (Wildman–Crippen MR) is 109 cm³/mol. The fourth-order valence-corrected chi connectivity index (χ4v) is 3.44. The Morgan fingerprint density at radius 1 is 1.20 bits per heavy atom. The number of halogens is 1. The molecule has 1 aliphatic heterocycles. The van der Waals surface area contributed by atoms with Crippen molar-refractivity contribution in [3.05, 3.63) is 29.8 Å². The van der Waals surface area contributed by atoms with Crippen molar-refractivity contribution in [3.63, 3.8) is 0 Å². The van der Waals surface area contributed by atoms with E-state index in [9.17, 15) is 9.18 Å². The Kier molecular flexibility index (Phi) is 5.40. The summed E-state index contributed by atoms with van der Waals surface area (Å²) in [7, 11) is 2.90. The number of hydrogen-bond donors (Lipinski definition) is 2. The number of aromatic nitrogens is 2. The number of furan rings is 1. The zero-order chi connectivity index (χ0) is 21.3. The molecule has 1 saturated heterocycles. The number of anilines is 1. The predicted octanol–water partition coefficient (Wildman–Crippen LogP) is 2.79. The van der Waals surface area contributed by atoms with Gasteiger partial charge in [-0.3, -0.25) is 5.32 Å². The van der Waals surface area contributed by atoms with Crippen molar-refractivity contribution in [2.75, 3.05) is 45.7 Å². The lowest BCUT2D eigenvalue weighted by Gasteiger charge is -2.27. The molecule has 10 heteroatoms. The van der Waals surface area contributed by atoms with Gasteiger partial charge in [0.15, 0.2) is 5.82 Å². The van der Waals surface area contributed by atoms with Crippen molar-refractivity contribution < 1.29 is 23.1 Å². The number of fused-ring (bicyclic) bond motifs is 1. The van der Waals surface area contributed by atoms with Crippen LogP contribution in [-0.2, 0) is 0 Å². The Hall–Kier alpha value is -3.40. The highest BCUT2D eigenvalue weighted by atomic mass is 19.1. The van der Waals surface area contributed by atoms with Crippen LogP contribution >= 0.6 is 0 Å². The van der Waals surface area contributed by atoms with Crippen LogP contribution in [0.3, 0.4) is 0 Å². The van der Waals surface area contributed by atoms with Gasteiger partial charge in [-0.1, -0.05) is 0 Å². The molecular weight excluding hydrogens is 393 g/mol. The first-order valence-electron chi connectivity index (χ1n) is 9.47. The van der Waals surface area contributed by atoms with Gasteiger partial charge in [0.2, 0.25) is 5.71 Å². The summed E-state index contributed by atoms with van der Waals surface area (Å²) in [4.78, 5) is 23.2. The van der Waals surface area contributed by atoms with Crippen molar-refractivity contribution in [1.82, 2.24) is 20.2 Å². The highest BCUT2D eigenvalue weighted by Crippen LogP contribution is 2.37. The molecule has 0 spiro atoms. The van der Waals surface area contributed by atoms with E-state index in [0.29, 0.717) is 41.2 Å². The van der Waals surface area contributed by atoms with Gasteiger partial charge < -0.3 is 24.1 Å². The van der Waals surface area contributed by atoms with Crippen LogP contribution in [0.1, 0.15) is 5.76 Å². The van der Waals surface area contributed by atoms with Gasteiger partial charge in [-0.05, 0) is 24.6 Å². The molecule has 3 heterocycles. The molecule has 3 aromatic rings. The molecule has 1 aromatic carbocycles. The number of benzene rings is 1. The first kappa shape index (κ1) is 19.9. The molecule has 2 N–H and O–H groups in total. The maximum absolute atomic E-state index is 14.1. The Morgan fingerprint density at radius 3 is 2.67 bits per heavy atom. The van der Waals surface area contributed by atoms with Gasteiger partial charge in [-0.2, -0.15) is 4.98 Å². The highest BCUT2D eigenvalue weighted by Gasteiger charge is 2.23. The summed E-state index contributed by atoms with van der Waals surface area (Å²) in [6.45, 7) is 4.36. The Balaban J connectivity index is 1.78. The average Bonchev–Trinajstić information content (AvgIpc) is 3.07. The summed E-state index contributed by atoms with van der Waals surface area (Å²) in [5, 5.41) is 5.96. The molecule has 158 valence electrons. The van der Waals surface area contributed by atoms with Gasteiger partial charge in [-0.15, -0.1) is 0 Å². The number of aryl methyl sites for hydroxylation is 1. The molecule has 1 aliphatic rings. The monoisotopic (exact) mass is 415 g/mol. The molecule has 2 amide bonds. The van der Waals surface area contributed by atoms with E-state index in [0.717, 1.165) is 13.1 Å². The maximum atomic E-state index is 14.1. The topological polar surface area (TPSA) is 102 Å². The van der Waals surface area contributed by atoms with E-state index in [1.54, 1.807) is 17.9 Å². The lowest BCUT2D eigenvalue weighted by Crippen LogP contribution is -2.48. The summed E-state index contributed by atoms with van der Waals surface area (Å²) in [6.07, 6.45) is 0. The number of hydrogen-bond acceptors (Lipinski definition) is 7. The average molecular weight is 415 g/mol. The second-order valence-corrected chi connectivity index (χ2v) is 6.82. The minimum atomic E-state index is -0.452. The molecule has 0 radical (unpaired) electrons. The lowest BCUT2D eigenvalue weighted by atomic mass is 10.1. The van der Waals surface area contributed by atoms with E-state index in [1.165, 1.54) is 26.4 Å². The molecular formula is C20H22FN5O4. The van der Waals surface area contributed by atoms with Crippen LogP contribution in [0.5, 0.6) is 11.6 Å². The minimum absolute atomic E-state index is 0.128. The number of nitrogens with zero attached hydrogens (tertiary/aromatic N) is 3. The van der Waals surface area contributed by atoms with Crippen LogP contribution in [-0.4, -0.2) is 61.3 Å². The van der Waals surface area contributed by atoms with Crippen LogP contribution in [0, 0.1) is 12.7 Å². The second kappa shape index (κ2) is 8.15. The van der Waals surface area contributed by atoms with Crippen molar-refractivity contribution >= 4 is 23.1 Å². The molecule has 2 aromatic heterocycles. The number of nitrogens with one attached hydrogen (secondary N) is 2. The standard InChI is InChI=1S/C20H22FN5O4/c1-11-15(12-8-13(21)10-14(9-12)28-2)16-18(30-11)25-19(29-3)17(23-16)24-20(27)26-6-4-22-5-7-26/h8-10,22H,4-7H2,1-3H3,(H,23,24,27). The van der Waals surface area contributed by atoms with Gasteiger partial charge in [0.05, 0.1) is 19.8 Å². The van der Waals surface area contributed by atoms with E-state index in [4.69, 9.17) is 13.9 Å². The van der Waals surface area contributed by atoms with Gasteiger partial charge >= 0.3 is 6.03 Å². The second-order valence-electron chi connectivity index (χ2n) is 6.82. The Morgan fingerprint density at radius 2 is 1.97 bits per heavy atom. The van der Waals surface area contributed by atoms with Gasteiger partial charge in [0.1, 0.15) is 22.8 Å². The number of urea groups is 1. The zero-order valence-electron chi connectivity index (χ0n) is 16.9. The van der Waals surface area contributed by atoms with Crippen molar-refractivity contribution in [3.8, 4) is 22.8 Å². The van der Waals surface area contributed by atoms with Crippen LogP contribution in [0.2, 0.25) is 0 Å². The molecule has 30 heavy (non-hydrogen) atoms. The van der Waals surface area contributed by atoms with Gasteiger partial charge in [0.25, 0.3) is 5.88 Å². The summed E-state index contributed by atoms with van der Waals surface area (Å²) in [5.74, 6) is 0.714. The van der Waals surface area contributed by atoms with Gasteiger partial charge in [0, 0.05) is 32.2 Å². The molecule has 9 nitrogen and oxygen atoms in total. The Labute approximate surface area is 172 Å². The number of piperazine rings is 1. The SMILES string of the molecule is COc1cc(F)cc(-c2c(C)oc3nc(OC)c(NC(=O)N4CCNCC4)nc23)c1. The number of carbonyl (C=O) groups is 1. The van der Waals surface area contributed by atoms with Crippen LogP contribution in [0.15, 0.2) is 22.6 Å². The summed E-state index contributed by atoms with van der Waals surface area (Å²) < 4.78 is 30.3. The number of amides is 2. The van der Waals surface area contributed by atoms with E-state index >= 15 is 0 Å². The number of carbonyl (C=O) groups excluding carboxylic acids is 1. The Bertz CT molecular complexity index is 1090. The fourth-order valence-electron chi connectivity index (χ4n) is 3.44. The van der Waals surface area contributed by atoms with Crippen molar-refractivity contribution in [2.45, 2.75) is 6.92 Å². The van der Waals surface area contributed by atoms with Crippen molar-refractivity contribution in [1.29, 1.82) is 0 Å². The third-order valence-corrected chi connectivity index (χ3v) is 4.89. The third kappa shape index (κ3) is 3.73. The minimum Gasteiger partial charge on any atom is -0.497 e. The first-order chi connectivity index (χ1) is 14.5. The van der Waals surface area contributed by atoms with Gasteiger partial charge in [-0.25, -0.2) is 14.2 Å². The van der Waals surface area contributed by atoms with E-state index in [-0.39, 0.29) is 23.4 Å².